The van der Waals surface area contributed by atoms with Crippen LogP contribution in [0.3, 0.4) is 0 Å². The van der Waals surface area contributed by atoms with Gasteiger partial charge in [0.1, 0.15) is 6.10 Å². The Labute approximate surface area is 148 Å². The van der Waals surface area contributed by atoms with Gasteiger partial charge >= 0.3 is 0 Å². The first kappa shape index (κ1) is 18.1. The van der Waals surface area contributed by atoms with Gasteiger partial charge < -0.3 is 9.64 Å². The Kier molecular flexibility index (Phi) is 5.53. The number of sulfonamides is 1. The van der Waals surface area contributed by atoms with Gasteiger partial charge in [-0.3, -0.25) is 4.79 Å². The van der Waals surface area contributed by atoms with Gasteiger partial charge in [-0.15, -0.1) is 5.10 Å². The van der Waals surface area contributed by atoms with Gasteiger partial charge in [-0.2, -0.15) is 5.10 Å². The van der Waals surface area contributed by atoms with E-state index in [-0.39, 0.29) is 17.9 Å². The van der Waals surface area contributed by atoms with Gasteiger partial charge in [0, 0.05) is 37.8 Å². The van der Waals surface area contributed by atoms with E-state index in [0.29, 0.717) is 38.4 Å². The molecule has 0 spiro atoms. The van der Waals surface area contributed by atoms with Crippen LogP contribution in [0.5, 0.6) is 5.88 Å². The first-order chi connectivity index (χ1) is 11.9. The Morgan fingerprint density at radius 1 is 1.24 bits per heavy atom. The number of amides is 1. The summed E-state index contributed by atoms with van der Waals surface area (Å²) in [6.07, 6.45) is 5.66. The summed E-state index contributed by atoms with van der Waals surface area (Å²) < 4.78 is 30.4. The van der Waals surface area contributed by atoms with Crippen LogP contribution >= 0.6 is 0 Å². The Bertz CT molecular complexity index is 689. The second-order valence-electron chi connectivity index (χ2n) is 6.66. The number of likely N-dealkylation sites (tertiary alicyclic amines) is 1. The molecular weight excluding hydrogens is 344 g/mol. The van der Waals surface area contributed by atoms with Crippen LogP contribution in [0.25, 0.3) is 0 Å². The number of rotatable bonds is 4. The number of piperidine rings is 2. The maximum absolute atomic E-state index is 12.8. The minimum Gasteiger partial charge on any atom is -0.471 e. The fraction of sp³-hybridized carbons (Fsp3) is 0.688. The van der Waals surface area contributed by atoms with Crippen LogP contribution in [0.1, 0.15) is 25.7 Å². The molecule has 25 heavy (non-hydrogen) atoms. The summed E-state index contributed by atoms with van der Waals surface area (Å²) in [5, 5.41) is 7.72. The van der Waals surface area contributed by atoms with E-state index in [1.165, 1.54) is 10.6 Å². The SMILES string of the molecule is CS(=O)(=O)N1CCC(C(=O)N2CCC[C@H](Oc3cccnn3)C2)CC1. The molecule has 1 atom stereocenters. The molecule has 3 rings (SSSR count). The van der Waals surface area contributed by atoms with Crippen molar-refractivity contribution >= 4 is 15.9 Å². The van der Waals surface area contributed by atoms with Crippen LogP contribution in [0.4, 0.5) is 0 Å². The van der Waals surface area contributed by atoms with E-state index in [2.05, 4.69) is 10.2 Å². The van der Waals surface area contributed by atoms with Crippen molar-refractivity contribution in [1.29, 1.82) is 0 Å². The first-order valence-corrected chi connectivity index (χ1v) is 10.5. The molecule has 2 aliphatic rings. The van der Waals surface area contributed by atoms with Crippen molar-refractivity contribution < 1.29 is 17.9 Å². The maximum Gasteiger partial charge on any atom is 0.233 e. The van der Waals surface area contributed by atoms with Crippen molar-refractivity contribution in [3.8, 4) is 5.88 Å². The molecule has 1 aromatic rings. The van der Waals surface area contributed by atoms with E-state index in [4.69, 9.17) is 4.74 Å². The molecule has 0 N–H and O–H groups in total. The predicted octanol–water partition coefficient (Wildman–Crippen LogP) is 0.518. The Morgan fingerprint density at radius 3 is 2.64 bits per heavy atom. The molecule has 9 heteroatoms. The largest absolute Gasteiger partial charge is 0.471 e. The molecule has 0 aromatic carbocycles. The number of aromatic nitrogens is 2. The molecular formula is C16H24N4O4S. The maximum atomic E-state index is 12.8. The van der Waals surface area contributed by atoms with Gasteiger partial charge in [0.05, 0.1) is 12.8 Å². The average Bonchev–Trinajstić information content (AvgIpc) is 2.61. The molecule has 2 saturated heterocycles. The molecule has 0 saturated carbocycles. The molecule has 138 valence electrons. The summed E-state index contributed by atoms with van der Waals surface area (Å²) in [6.45, 7) is 2.11. The van der Waals surface area contributed by atoms with Crippen molar-refractivity contribution in [2.24, 2.45) is 5.92 Å². The Hall–Kier alpha value is -1.74. The Balaban J connectivity index is 1.54. The minimum atomic E-state index is -3.17. The second kappa shape index (κ2) is 7.65. The third-order valence-electron chi connectivity index (χ3n) is 4.80. The van der Waals surface area contributed by atoms with Crippen LogP contribution in [0, 0.1) is 5.92 Å². The number of carbonyl (C=O) groups is 1. The quantitative estimate of drug-likeness (QED) is 0.769. The average molecular weight is 368 g/mol. The fourth-order valence-electron chi connectivity index (χ4n) is 3.45. The highest BCUT2D eigenvalue weighted by atomic mass is 32.2. The minimum absolute atomic E-state index is 0.0782. The molecule has 0 radical (unpaired) electrons. The number of hydrogen-bond acceptors (Lipinski definition) is 6. The van der Waals surface area contributed by atoms with E-state index < -0.39 is 10.0 Å². The second-order valence-corrected chi connectivity index (χ2v) is 8.65. The molecule has 0 unspecified atom stereocenters. The predicted molar refractivity (Wildman–Crippen MR) is 91.4 cm³/mol. The summed E-state index contributed by atoms with van der Waals surface area (Å²) in [5.74, 6) is 0.483. The standard InChI is InChI=1S/C16H24N4O4S/c1-25(22,23)20-10-6-13(7-11-20)16(21)19-9-3-4-14(12-19)24-15-5-2-8-17-18-15/h2,5,8,13-14H,3-4,6-7,9-12H2,1H3/t14-/m0/s1. The monoisotopic (exact) mass is 368 g/mol. The van der Waals surface area contributed by atoms with Crippen molar-refractivity contribution in [1.82, 2.24) is 19.4 Å². The lowest BCUT2D eigenvalue weighted by Crippen LogP contribution is -2.49. The summed E-state index contributed by atoms with van der Waals surface area (Å²) in [4.78, 5) is 14.6. The summed E-state index contributed by atoms with van der Waals surface area (Å²) in [5.41, 5.74) is 0. The number of hydrogen-bond donors (Lipinski definition) is 0. The third kappa shape index (κ3) is 4.66. The molecule has 1 amide bonds. The zero-order valence-electron chi connectivity index (χ0n) is 14.4. The van der Waals surface area contributed by atoms with Crippen LogP contribution in [-0.4, -0.2) is 72.3 Å². The van der Waals surface area contributed by atoms with Crippen molar-refractivity contribution in [2.75, 3.05) is 32.4 Å². The van der Waals surface area contributed by atoms with Gasteiger partial charge in [0.2, 0.25) is 21.8 Å². The smallest absolute Gasteiger partial charge is 0.233 e. The molecule has 0 aliphatic carbocycles. The topological polar surface area (TPSA) is 92.7 Å². The summed E-state index contributed by atoms with van der Waals surface area (Å²) in [6, 6.07) is 3.53. The molecule has 8 nitrogen and oxygen atoms in total. The third-order valence-corrected chi connectivity index (χ3v) is 6.10. The van der Waals surface area contributed by atoms with E-state index in [1.54, 1.807) is 18.3 Å². The van der Waals surface area contributed by atoms with Gasteiger partial charge in [-0.25, -0.2) is 12.7 Å². The van der Waals surface area contributed by atoms with Gasteiger partial charge in [-0.1, -0.05) is 0 Å². The lowest BCUT2D eigenvalue weighted by Gasteiger charge is -2.37. The zero-order valence-corrected chi connectivity index (χ0v) is 15.2. The lowest BCUT2D eigenvalue weighted by atomic mass is 9.95. The highest BCUT2D eigenvalue weighted by Gasteiger charge is 2.33. The van der Waals surface area contributed by atoms with Crippen molar-refractivity contribution in [3.63, 3.8) is 0 Å². The molecule has 3 heterocycles. The van der Waals surface area contributed by atoms with E-state index in [0.717, 1.165) is 19.4 Å². The number of nitrogens with zero attached hydrogens (tertiary/aromatic N) is 4. The van der Waals surface area contributed by atoms with Crippen LogP contribution in [0.2, 0.25) is 0 Å². The molecule has 0 bridgehead atoms. The molecule has 2 fully saturated rings. The fourth-order valence-corrected chi connectivity index (χ4v) is 4.32. The molecule has 1 aromatic heterocycles. The zero-order chi connectivity index (χ0) is 17.9. The van der Waals surface area contributed by atoms with Crippen LogP contribution < -0.4 is 4.74 Å². The normalized spacial score (nSPS) is 23.4. The lowest BCUT2D eigenvalue weighted by molar-refractivity contribution is -0.139. The van der Waals surface area contributed by atoms with E-state index in [9.17, 15) is 13.2 Å². The van der Waals surface area contributed by atoms with Crippen molar-refractivity contribution in [3.05, 3.63) is 18.3 Å². The van der Waals surface area contributed by atoms with E-state index >= 15 is 0 Å². The molecule has 2 aliphatic heterocycles. The highest BCUT2D eigenvalue weighted by molar-refractivity contribution is 7.88. The first-order valence-electron chi connectivity index (χ1n) is 8.62. The number of carbonyl (C=O) groups excluding carboxylic acids is 1. The Morgan fingerprint density at radius 2 is 2.00 bits per heavy atom. The van der Waals surface area contributed by atoms with E-state index in [1.807, 2.05) is 4.90 Å². The highest BCUT2D eigenvalue weighted by Crippen LogP contribution is 2.24. The van der Waals surface area contributed by atoms with Crippen molar-refractivity contribution in [2.45, 2.75) is 31.8 Å². The number of ether oxygens (including phenoxy) is 1. The summed E-state index contributed by atoms with van der Waals surface area (Å²) in [7, 11) is -3.17. The van der Waals surface area contributed by atoms with Crippen LogP contribution in [0.15, 0.2) is 18.3 Å². The van der Waals surface area contributed by atoms with Gasteiger partial charge in [0.25, 0.3) is 0 Å². The van der Waals surface area contributed by atoms with Crippen LogP contribution in [-0.2, 0) is 14.8 Å². The summed E-state index contributed by atoms with van der Waals surface area (Å²) >= 11 is 0. The van der Waals surface area contributed by atoms with Gasteiger partial charge in [-0.05, 0) is 31.7 Å². The van der Waals surface area contributed by atoms with Gasteiger partial charge in [0.15, 0.2) is 0 Å².